The minimum absolute atomic E-state index is 0.0277. The molecule has 10 aromatic carbocycles. The smallest absolute Gasteiger partial charge is 0.338 e. The van der Waals surface area contributed by atoms with Crippen molar-refractivity contribution in [3.8, 4) is 0 Å². The maximum atomic E-state index is 14.6. The lowest BCUT2D eigenvalue weighted by atomic mass is 9.96. The molecular weight excluding hydrogens is 1570 g/mol. The summed E-state index contributed by atoms with van der Waals surface area (Å²) in [6, 6.07) is 98.6. The van der Waals surface area contributed by atoms with Crippen molar-refractivity contribution in [1.29, 1.82) is 0 Å². The van der Waals surface area contributed by atoms with E-state index in [9.17, 15) is 9.59 Å². The Morgan fingerprint density at radius 1 is 0.344 bits per heavy atom. The summed E-state index contributed by atoms with van der Waals surface area (Å²) in [7, 11) is -6.80. The van der Waals surface area contributed by atoms with Crippen LogP contribution in [-0.4, -0.2) is 158 Å². The van der Waals surface area contributed by atoms with Gasteiger partial charge in [0.05, 0.1) is 69.2 Å². The van der Waals surface area contributed by atoms with Crippen molar-refractivity contribution in [3.05, 3.63) is 349 Å². The molecule has 5 heterocycles. The fourth-order valence-electron chi connectivity index (χ4n) is 17.5. The zero-order valence-electron chi connectivity index (χ0n) is 70.9. The third-order valence-corrected chi connectivity index (χ3v) is 33.4. The van der Waals surface area contributed by atoms with Gasteiger partial charge in [0, 0.05) is 0 Å². The number of fused-ring (bicyclic) bond motifs is 1. The topological polar surface area (TPSA) is 191 Å². The molecule has 5 aliphatic heterocycles. The van der Waals surface area contributed by atoms with Gasteiger partial charge < -0.3 is 79.9 Å². The minimum atomic E-state index is -3.42. The van der Waals surface area contributed by atoms with Gasteiger partial charge in [-0.15, -0.1) is 0 Å². The molecule has 0 saturated carbocycles. The van der Waals surface area contributed by atoms with E-state index in [4.69, 9.17) is 79.9 Å². The van der Waals surface area contributed by atoms with E-state index in [1.807, 2.05) is 185 Å². The molecule has 15 rings (SSSR count). The molecule has 0 amide bonds. The van der Waals surface area contributed by atoms with Crippen molar-refractivity contribution in [1.82, 2.24) is 0 Å². The lowest BCUT2D eigenvalue weighted by Crippen LogP contribution is -2.69. The first-order chi connectivity index (χ1) is 59.1. The molecule has 19 nitrogen and oxygen atoms in total. The number of ether oxygens (including phenoxy) is 15. The van der Waals surface area contributed by atoms with E-state index < -0.39 is 155 Å². The summed E-state index contributed by atoms with van der Waals surface area (Å²) in [5, 5.41) is 3.21. The molecule has 0 aromatic heterocycles. The van der Waals surface area contributed by atoms with E-state index in [1.165, 1.54) is 0 Å². The predicted octanol–water partition coefficient (Wildman–Crippen LogP) is 15.7. The van der Waals surface area contributed by atoms with Crippen molar-refractivity contribution in [3.63, 3.8) is 0 Å². The lowest BCUT2D eigenvalue weighted by molar-refractivity contribution is -0.376. The van der Waals surface area contributed by atoms with E-state index in [0.717, 1.165) is 43.0 Å². The van der Waals surface area contributed by atoms with Crippen LogP contribution in [0.3, 0.4) is 0 Å². The Bertz CT molecular complexity index is 4850. The Hall–Kier alpha value is -9.45. The van der Waals surface area contributed by atoms with Gasteiger partial charge in [-0.1, -0.05) is 321 Å². The molecule has 0 aliphatic carbocycles. The summed E-state index contributed by atoms with van der Waals surface area (Å²) in [6.45, 7) is 21.0. The van der Waals surface area contributed by atoms with E-state index in [2.05, 4.69) is 139 Å². The summed E-state index contributed by atoms with van der Waals surface area (Å²) in [5.41, 5.74) is 4.11. The Balaban J connectivity index is 0.881. The number of esters is 2. The molecule has 5 aliphatic rings. The molecular formula is C101H112O19Si2. The SMILES string of the molecule is CC1O[C@H](OC2C=COC(CO[Si](c3ccccc3)(c3ccccc3)C(C)(C)C)[C@@H]2O[C@@H]2OC(CO[Si](c3ccccc3)(c3ccccc3)C(C)(C)C)[C@@H]3OC(C)(C)O[C@@H]3[C@H]2OC2OC(C)[C@H](OC(=O)c3ccccc3)[C@@H](OCc3ccccc3)C2OCc2ccccc2)[C@@H](OCc2ccccc2)C(OCc2ccccc2)[C@@H]1OC(=O)c1ccccc1. The monoisotopic (exact) mass is 1680 g/mol. The van der Waals surface area contributed by atoms with Crippen LogP contribution < -0.4 is 20.7 Å². The molecule has 0 N–H and O–H groups in total. The molecule has 18 atom stereocenters. The second-order valence-electron chi connectivity index (χ2n) is 34.3. The Labute approximate surface area is 718 Å². The summed E-state index contributed by atoms with van der Waals surface area (Å²) >= 11 is 0. The minimum Gasteiger partial charge on any atom is -0.493 e. The average Bonchev–Trinajstić information content (AvgIpc) is 1.63. The van der Waals surface area contributed by atoms with Gasteiger partial charge in [0.25, 0.3) is 16.6 Å². The molecule has 638 valence electrons. The van der Waals surface area contributed by atoms with Gasteiger partial charge in [-0.2, -0.15) is 0 Å². The van der Waals surface area contributed by atoms with Gasteiger partial charge >= 0.3 is 11.9 Å². The van der Waals surface area contributed by atoms with Crippen LogP contribution in [0.25, 0.3) is 0 Å². The molecule has 0 spiro atoms. The quantitative estimate of drug-likeness (QED) is 0.0285. The molecule has 4 saturated heterocycles. The number of carbonyl (C=O) groups is 2. The number of rotatable bonds is 32. The zero-order chi connectivity index (χ0) is 84.9. The highest BCUT2D eigenvalue weighted by Gasteiger charge is 2.62. The highest BCUT2D eigenvalue weighted by molar-refractivity contribution is 7.00. The number of carbonyl (C=O) groups excluding carboxylic acids is 2. The molecule has 10 aromatic rings. The van der Waals surface area contributed by atoms with Crippen molar-refractivity contribution >= 4 is 49.3 Å². The first kappa shape index (κ1) is 87.5. The van der Waals surface area contributed by atoms with E-state index in [0.29, 0.717) is 11.1 Å². The Morgan fingerprint density at radius 3 is 1.01 bits per heavy atom. The van der Waals surface area contributed by atoms with Gasteiger partial charge in [0.2, 0.25) is 0 Å². The van der Waals surface area contributed by atoms with Crippen LogP contribution in [0.2, 0.25) is 10.1 Å². The molecule has 122 heavy (non-hydrogen) atoms. The number of hydrogen-bond acceptors (Lipinski definition) is 19. The second kappa shape index (κ2) is 39.6. The standard InChI is InChI=1S/C101H112O19Si2/c1-69-84(115-94(102)75-49-29-15-30-50-75)88(105-63-71-41-21-11-22-42-71)91(107-65-73-45-25-13-26-46-73)96(111-69)113-81-61-62-104-82(67-109-121(99(3,4)5,77-53-33-17-34-54-77)78-55-35-18-36-56-78)86(81)117-98-93(90-87(119-101(9,10)120-90)83(114-98)68-110-122(100(6,7)8,79-57-37-19-38-58-79)80-59-39-20-40-60-80)118-97-92(108-66-74-47-27-14-28-48-74)89(106-64-72-43-23-12-24-44-72)85(70(2)112-97)116-95(103)76-51-31-16-32-52-76/h11-62,69-70,81-93,96-98H,63-68H2,1-10H3/t69?,70?,81?,82?,83?,84-,85+,86-,87+,88?,89-,90+,91+,92?,93-,96-,97?,98+/m1/s1. The fourth-order valence-corrected chi connectivity index (χ4v) is 26.6. The maximum Gasteiger partial charge on any atom is 0.338 e. The first-order valence-corrected chi connectivity index (χ1v) is 46.2. The Morgan fingerprint density at radius 2 is 0.648 bits per heavy atom. The number of benzene rings is 10. The molecule has 8 unspecified atom stereocenters. The van der Waals surface area contributed by atoms with Gasteiger partial charge in [-0.05, 0) is 111 Å². The maximum absolute atomic E-state index is 14.6. The third kappa shape index (κ3) is 20.2. The van der Waals surface area contributed by atoms with Crippen LogP contribution in [0.5, 0.6) is 0 Å². The van der Waals surface area contributed by atoms with Crippen molar-refractivity contribution in [2.75, 3.05) is 13.2 Å². The van der Waals surface area contributed by atoms with Crippen LogP contribution in [0.4, 0.5) is 0 Å². The summed E-state index contributed by atoms with van der Waals surface area (Å²) < 4.78 is 125. The van der Waals surface area contributed by atoms with Gasteiger partial charge in [0.15, 0.2) is 36.9 Å². The van der Waals surface area contributed by atoms with Crippen LogP contribution in [0.15, 0.2) is 316 Å². The highest BCUT2D eigenvalue weighted by Crippen LogP contribution is 2.46. The van der Waals surface area contributed by atoms with Crippen LogP contribution >= 0.6 is 0 Å². The molecule has 0 bridgehead atoms. The Kier molecular flexibility index (Phi) is 28.4. The van der Waals surface area contributed by atoms with Gasteiger partial charge in [-0.3, -0.25) is 0 Å². The third-order valence-electron chi connectivity index (χ3n) is 23.4. The van der Waals surface area contributed by atoms with E-state index >= 15 is 0 Å². The normalized spacial score (nSPS) is 26.6. The lowest BCUT2D eigenvalue weighted by Gasteiger charge is -2.50. The summed E-state index contributed by atoms with van der Waals surface area (Å²) in [6.07, 6.45) is -16.6. The largest absolute Gasteiger partial charge is 0.493 e. The first-order valence-electron chi connectivity index (χ1n) is 42.4. The second-order valence-corrected chi connectivity index (χ2v) is 42.9. The average molecular weight is 1690 g/mol. The predicted molar refractivity (Wildman–Crippen MR) is 468 cm³/mol. The van der Waals surface area contributed by atoms with Gasteiger partial charge in [0.1, 0.15) is 67.1 Å². The number of hydrogen-bond donors (Lipinski definition) is 0. The van der Waals surface area contributed by atoms with E-state index in [-0.39, 0.29) is 39.6 Å². The molecule has 4 fully saturated rings. The zero-order valence-corrected chi connectivity index (χ0v) is 72.9. The van der Waals surface area contributed by atoms with Crippen LogP contribution in [0.1, 0.15) is 112 Å². The van der Waals surface area contributed by atoms with Crippen LogP contribution in [-0.2, 0) is 106 Å². The molecule has 0 radical (unpaired) electrons. The summed E-state index contributed by atoms with van der Waals surface area (Å²) in [4.78, 5) is 29.1. The molecule has 21 heteroatoms. The fraction of sp³-hybridized carbons (Fsp3) is 0.366. The van der Waals surface area contributed by atoms with Crippen molar-refractivity contribution in [2.45, 2.75) is 222 Å². The highest BCUT2D eigenvalue weighted by atomic mass is 28.4. The summed E-state index contributed by atoms with van der Waals surface area (Å²) in [5.74, 6) is -2.44. The van der Waals surface area contributed by atoms with E-state index in [1.54, 1.807) is 60.9 Å². The van der Waals surface area contributed by atoms with Gasteiger partial charge in [-0.25, -0.2) is 9.59 Å². The van der Waals surface area contributed by atoms with Crippen molar-refractivity contribution < 1.29 is 89.5 Å². The van der Waals surface area contributed by atoms with Crippen molar-refractivity contribution in [2.24, 2.45) is 0 Å². The van der Waals surface area contributed by atoms with Crippen LogP contribution in [0, 0.1) is 0 Å².